The molecule has 21 heavy (non-hydrogen) atoms. The molecule has 1 aromatic rings. The van der Waals surface area contributed by atoms with Crippen molar-refractivity contribution in [3.05, 3.63) is 27.8 Å². The Morgan fingerprint density at radius 3 is 2.43 bits per heavy atom. The predicted octanol–water partition coefficient (Wildman–Crippen LogP) is 2.69. The summed E-state index contributed by atoms with van der Waals surface area (Å²) >= 11 is 2.19. The molecule has 0 saturated carbocycles. The second kappa shape index (κ2) is 7.89. The van der Waals surface area contributed by atoms with Gasteiger partial charge in [-0.1, -0.05) is 6.92 Å². The summed E-state index contributed by atoms with van der Waals surface area (Å²) in [6.45, 7) is 5.25. The smallest absolute Gasteiger partial charge is 0.243 e. The fourth-order valence-electron chi connectivity index (χ4n) is 2.67. The molecule has 0 aliphatic carbocycles. The van der Waals surface area contributed by atoms with Gasteiger partial charge in [0.25, 0.3) is 0 Å². The van der Waals surface area contributed by atoms with Gasteiger partial charge in [-0.15, -0.1) is 0 Å². The van der Waals surface area contributed by atoms with Crippen molar-refractivity contribution in [3.8, 4) is 0 Å². The zero-order chi connectivity index (χ0) is 15.3. The van der Waals surface area contributed by atoms with Crippen molar-refractivity contribution in [2.24, 2.45) is 5.92 Å². The number of sulfonamides is 1. The summed E-state index contributed by atoms with van der Waals surface area (Å²) in [6, 6.07) is 7.12. The van der Waals surface area contributed by atoms with Gasteiger partial charge in [0, 0.05) is 16.7 Å². The van der Waals surface area contributed by atoms with Crippen molar-refractivity contribution in [2.45, 2.75) is 31.1 Å². The van der Waals surface area contributed by atoms with E-state index in [0.29, 0.717) is 23.9 Å². The molecule has 1 fully saturated rings. The topological polar surface area (TPSA) is 49.4 Å². The minimum atomic E-state index is -3.37. The normalized spacial score (nSPS) is 17.3. The molecule has 0 unspecified atom stereocenters. The molecule has 0 spiro atoms. The second-order valence-electron chi connectivity index (χ2n) is 5.51. The number of nitrogens with one attached hydrogen (secondary N) is 1. The standard InChI is InChI=1S/C15H23IN2O2S/c1-2-11-18(12-13-7-9-17-10-8-13)21(19,20)15-5-3-14(16)4-6-15/h3-6,13,17H,2,7-12H2,1H3. The highest BCUT2D eigenvalue weighted by molar-refractivity contribution is 14.1. The van der Waals surface area contributed by atoms with Crippen molar-refractivity contribution < 1.29 is 8.42 Å². The van der Waals surface area contributed by atoms with Crippen LogP contribution in [0.4, 0.5) is 0 Å². The molecule has 4 nitrogen and oxygen atoms in total. The third-order valence-electron chi connectivity index (χ3n) is 3.84. The maximum Gasteiger partial charge on any atom is 0.243 e. The lowest BCUT2D eigenvalue weighted by Gasteiger charge is -2.29. The predicted molar refractivity (Wildman–Crippen MR) is 93.8 cm³/mol. The first-order valence-corrected chi connectivity index (χ1v) is 10.0. The lowest BCUT2D eigenvalue weighted by molar-refractivity contribution is 0.288. The summed E-state index contributed by atoms with van der Waals surface area (Å²) in [6.07, 6.45) is 2.96. The van der Waals surface area contributed by atoms with Gasteiger partial charge in [-0.25, -0.2) is 8.42 Å². The van der Waals surface area contributed by atoms with Gasteiger partial charge in [0.15, 0.2) is 0 Å². The van der Waals surface area contributed by atoms with Gasteiger partial charge in [-0.2, -0.15) is 4.31 Å². The van der Waals surface area contributed by atoms with Crippen LogP contribution in [0.5, 0.6) is 0 Å². The molecule has 118 valence electrons. The van der Waals surface area contributed by atoms with Crippen LogP contribution in [0.2, 0.25) is 0 Å². The fourth-order valence-corrected chi connectivity index (χ4v) is 4.63. The summed E-state index contributed by atoms with van der Waals surface area (Å²) in [5, 5.41) is 3.33. The summed E-state index contributed by atoms with van der Waals surface area (Å²) in [5.74, 6) is 0.469. The van der Waals surface area contributed by atoms with Crippen molar-refractivity contribution in [1.29, 1.82) is 0 Å². The monoisotopic (exact) mass is 422 g/mol. The van der Waals surface area contributed by atoms with E-state index in [0.717, 1.165) is 35.9 Å². The van der Waals surface area contributed by atoms with Gasteiger partial charge in [-0.05, 0) is 85.1 Å². The molecule has 1 N–H and O–H groups in total. The zero-order valence-electron chi connectivity index (χ0n) is 12.4. The van der Waals surface area contributed by atoms with Gasteiger partial charge in [0.1, 0.15) is 0 Å². The number of piperidine rings is 1. The van der Waals surface area contributed by atoms with Gasteiger partial charge < -0.3 is 5.32 Å². The van der Waals surface area contributed by atoms with E-state index in [4.69, 9.17) is 0 Å². The van der Waals surface area contributed by atoms with Crippen molar-refractivity contribution in [1.82, 2.24) is 9.62 Å². The number of nitrogens with zero attached hydrogens (tertiary/aromatic N) is 1. The van der Waals surface area contributed by atoms with Crippen molar-refractivity contribution in [2.75, 3.05) is 26.2 Å². The molecule has 2 rings (SSSR count). The lowest BCUT2D eigenvalue weighted by Crippen LogP contribution is -2.39. The molecule has 0 amide bonds. The molecule has 1 heterocycles. The summed E-state index contributed by atoms with van der Waals surface area (Å²) in [7, 11) is -3.37. The first kappa shape index (κ1) is 17.2. The minimum Gasteiger partial charge on any atom is -0.317 e. The Kier molecular flexibility index (Phi) is 6.46. The minimum absolute atomic E-state index is 0.408. The highest BCUT2D eigenvalue weighted by Gasteiger charge is 2.27. The molecular formula is C15H23IN2O2S. The van der Waals surface area contributed by atoms with Crippen LogP contribution in [0.25, 0.3) is 0 Å². The van der Waals surface area contributed by atoms with Gasteiger partial charge in [0.05, 0.1) is 4.90 Å². The van der Waals surface area contributed by atoms with Crippen molar-refractivity contribution in [3.63, 3.8) is 0 Å². The van der Waals surface area contributed by atoms with E-state index >= 15 is 0 Å². The number of rotatable bonds is 6. The van der Waals surface area contributed by atoms with Crippen LogP contribution in [0.3, 0.4) is 0 Å². The molecule has 0 atom stereocenters. The lowest BCUT2D eigenvalue weighted by atomic mass is 9.98. The van der Waals surface area contributed by atoms with Gasteiger partial charge >= 0.3 is 0 Å². The van der Waals surface area contributed by atoms with Crippen LogP contribution in [-0.4, -0.2) is 38.9 Å². The maximum atomic E-state index is 12.8. The van der Waals surface area contributed by atoms with Gasteiger partial charge in [0.2, 0.25) is 10.0 Å². The van der Waals surface area contributed by atoms with E-state index in [1.54, 1.807) is 16.4 Å². The number of hydrogen-bond donors (Lipinski definition) is 1. The summed E-state index contributed by atoms with van der Waals surface area (Å²) in [4.78, 5) is 0.408. The third-order valence-corrected chi connectivity index (χ3v) is 6.44. The van der Waals surface area contributed by atoms with Crippen LogP contribution in [0, 0.1) is 9.49 Å². The Morgan fingerprint density at radius 1 is 1.24 bits per heavy atom. The van der Waals surface area contributed by atoms with Crippen LogP contribution in [0.1, 0.15) is 26.2 Å². The average Bonchev–Trinajstić information content (AvgIpc) is 2.48. The number of halogens is 1. The Balaban J connectivity index is 2.16. The first-order valence-electron chi connectivity index (χ1n) is 7.50. The molecule has 0 aromatic heterocycles. The first-order chi connectivity index (χ1) is 10.0. The van der Waals surface area contributed by atoms with Crippen LogP contribution in [0.15, 0.2) is 29.2 Å². The van der Waals surface area contributed by atoms with E-state index in [1.165, 1.54) is 0 Å². The van der Waals surface area contributed by atoms with E-state index in [-0.39, 0.29) is 0 Å². The summed E-state index contributed by atoms with van der Waals surface area (Å²) in [5.41, 5.74) is 0. The summed E-state index contributed by atoms with van der Waals surface area (Å²) < 4.78 is 28.4. The maximum absolute atomic E-state index is 12.8. The number of hydrogen-bond acceptors (Lipinski definition) is 3. The van der Waals surface area contributed by atoms with Crippen LogP contribution < -0.4 is 5.32 Å². The van der Waals surface area contributed by atoms with Crippen LogP contribution >= 0.6 is 22.6 Å². The average molecular weight is 422 g/mol. The largest absolute Gasteiger partial charge is 0.317 e. The molecule has 0 radical (unpaired) electrons. The Labute approximate surface area is 141 Å². The zero-order valence-corrected chi connectivity index (χ0v) is 15.4. The van der Waals surface area contributed by atoms with Gasteiger partial charge in [-0.3, -0.25) is 0 Å². The molecule has 1 aliphatic rings. The molecule has 1 saturated heterocycles. The van der Waals surface area contributed by atoms with E-state index in [9.17, 15) is 8.42 Å². The van der Waals surface area contributed by atoms with E-state index in [1.807, 2.05) is 19.1 Å². The van der Waals surface area contributed by atoms with E-state index < -0.39 is 10.0 Å². The Hall–Kier alpha value is -0.180. The second-order valence-corrected chi connectivity index (χ2v) is 8.69. The molecule has 0 bridgehead atoms. The molecule has 1 aliphatic heterocycles. The quantitative estimate of drug-likeness (QED) is 0.718. The molecule has 6 heteroatoms. The Morgan fingerprint density at radius 2 is 1.86 bits per heavy atom. The SMILES string of the molecule is CCCN(CC1CCNCC1)S(=O)(=O)c1ccc(I)cc1. The van der Waals surface area contributed by atoms with Crippen molar-refractivity contribution >= 4 is 32.6 Å². The third kappa shape index (κ3) is 4.64. The number of benzene rings is 1. The molecular weight excluding hydrogens is 399 g/mol. The van der Waals surface area contributed by atoms with Crippen LogP contribution in [-0.2, 0) is 10.0 Å². The van der Waals surface area contributed by atoms with E-state index in [2.05, 4.69) is 27.9 Å². The fraction of sp³-hybridized carbons (Fsp3) is 0.600. The molecule has 1 aromatic carbocycles. The highest BCUT2D eigenvalue weighted by Crippen LogP contribution is 2.21. The highest BCUT2D eigenvalue weighted by atomic mass is 127. The Bertz CT molecular complexity index is 539.